The van der Waals surface area contributed by atoms with E-state index in [9.17, 15) is 0 Å². The average molecular weight is 441 g/mol. The number of ether oxygens (including phenoxy) is 6. The zero-order valence-corrected chi connectivity index (χ0v) is 19.6. The third kappa shape index (κ3) is 4.64. The van der Waals surface area contributed by atoms with Gasteiger partial charge in [0, 0.05) is 35.1 Å². The molecule has 172 valence electrons. The second kappa shape index (κ2) is 10.8. The molecule has 2 unspecified atom stereocenters. The molecule has 0 aromatic heterocycles. The number of allylic oxidation sites excluding steroid dienone is 4. The van der Waals surface area contributed by atoms with Crippen LogP contribution in [0.5, 0.6) is 34.5 Å². The molecule has 0 saturated heterocycles. The molecule has 2 aromatic carbocycles. The molecule has 6 nitrogen and oxygen atoms in total. The fourth-order valence-electron chi connectivity index (χ4n) is 4.14. The van der Waals surface area contributed by atoms with Crippen LogP contribution >= 0.6 is 0 Å². The van der Waals surface area contributed by atoms with Gasteiger partial charge in [-0.1, -0.05) is 24.3 Å². The van der Waals surface area contributed by atoms with Gasteiger partial charge in [-0.25, -0.2) is 0 Å². The van der Waals surface area contributed by atoms with E-state index in [0.717, 1.165) is 35.5 Å². The fraction of sp³-hybridized carbons (Fsp3) is 0.385. The molecule has 0 fully saturated rings. The highest BCUT2D eigenvalue weighted by Crippen LogP contribution is 2.48. The number of rotatable bonds is 8. The normalized spacial score (nSPS) is 17.8. The summed E-state index contributed by atoms with van der Waals surface area (Å²) in [4.78, 5) is 0. The molecule has 2 aromatic rings. The Balaban J connectivity index is 2.23. The summed E-state index contributed by atoms with van der Waals surface area (Å²) in [6.45, 7) is 0. The van der Waals surface area contributed by atoms with Crippen molar-refractivity contribution < 1.29 is 28.4 Å². The molecular formula is C26H32O6. The average Bonchev–Trinajstić information content (AvgIpc) is 2.82. The van der Waals surface area contributed by atoms with Gasteiger partial charge in [0.1, 0.15) is 11.5 Å². The van der Waals surface area contributed by atoms with Crippen molar-refractivity contribution in [2.75, 3.05) is 42.7 Å². The van der Waals surface area contributed by atoms with Gasteiger partial charge in [0.2, 0.25) is 0 Å². The lowest BCUT2D eigenvalue weighted by Gasteiger charge is -2.28. The number of hydrogen-bond donors (Lipinski definition) is 0. The minimum Gasteiger partial charge on any atom is -0.496 e. The van der Waals surface area contributed by atoms with Crippen molar-refractivity contribution in [3.63, 3.8) is 0 Å². The SMILES string of the molecule is COc1cc(OC)c(C2C=CCCC=CC2c2cc(OC)c(OC)cc2OC)cc1OC. The van der Waals surface area contributed by atoms with Crippen molar-refractivity contribution in [1.82, 2.24) is 0 Å². The van der Waals surface area contributed by atoms with Gasteiger partial charge >= 0.3 is 0 Å². The van der Waals surface area contributed by atoms with Gasteiger partial charge in [-0.2, -0.15) is 0 Å². The first kappa shape index (κ1) is 23.4. The molecule has 0 heterocycles. The summed E-state index contributed by atoms with van der Waals surface area (Å²) in [5.41, 5.74) is 1.99. The molecule has 0 aliphatic heterocycles. The molecular weight excluding hydrogens is 408 g/mol. The Morgan fingerprint density at radius 2 is 0.781 bits per heavy atom. The quantitative estimate of drug-likeness (QED) is 0.505. The third-order valence-electron chi connectivity index (χ3n) is 5.76. The second-order valence-electron chi connectivity index (χ2n) is 7.38. The molecule has 1 aliphatic rings. The zero-order chi connectivity index (χ0) is 23.1. The Hall–Kier alpha value is -3.28. The largest absolute Gasteiger partial charge is 0.496 e. The monoisotopic (exact) mass is 440 g/mol. The first-order valence-corrected chi connectivity index (χ1v) is 10.5. The summed E-state index contributed by atoms with van der Waals surface area (Å²) >= 11 is 0. The third-order valence-corrected chi connectivity index (χ3v) is 5.76. The molecule has 0 spiro atoms. The predicted octanol–water partition coefficient (Wildman–Crippen LogP) is 5.51. The molecule has 0 N–H and O–H groups in total. The first-order valence-electron chi connectivity index (χ1n) is 10.5. The molecule has 0 radical (unpaired) electrons. The standard InChI is InChI=1S/C26H32O6/c1-27-21-15-25(31-5)23(29-3)13-19(21)17-11-9-7-8-10-12-18(17)20-14-24(30-4)26(32-6)16-22(20)28-2/h9-18H,7-8H2,1-6H3. The van der Waals surface area contributed by atoms with Crippen molar-refractivity contribution in [2.24, 2.45) is 0 Å². The van der Waals surface area contributed by atoms with Crippen molar-refractivity contribution >= 4 is 0 Å². The lowest BCUT2D eigenvalue weighted by atomic mass is 9.78. The summed E-state index contributed by atoms with van der Waals surface area (Å²) in [7, 11) is 9.84. The smallest absolute Gasteiger partial charge is 0.164 e. The topological polar surface area (TPSA) is 55.4 Å². The maximum atomic E-state index is 5.77. The van der Waals surface area contributed by atoms with E-state index < -0.39 is 0 Å². The number of methoxy groups -OCH3 is 6. The highest BCUT2D eigenvalue weighted by Gasteiger charge is 2.29. The van der Waals surface area contributed by atoms with Gasteiger partial charge in [0.25, 0.3) is 0 Å². The highest BCUT2D eigenvalue weighted by molar-refractivity contribution is 5.57. The van der Waals surface area contributed by atoms with Gasteiger partial charge in [-0.15, -0.1) is 0 Å². The highest BCUT2D eigenvalue weighted by atomic mass is 16.5. The van der Waals surface area contributed by atoms with E-state index in [4.69, 9.17) is 28.4 Å². The Kier molecular flexibility index (Phi) is 7.92. The van der Waals surface area contributed by atoms with Crippen molar-refractivity contribution in [3.8, 4) is 34.5 Å². The molecule has 1 aliphatic carbocycles. The predicted molar refractivity (Wildman–Crippen MR) is 125 cm³/mol. The van der Waals surface area contributed by atoms with Gasteiger partial charge in [0.05, 0.1) is 42.7 Å². The Morgan fingerprint density at radius 1 is 0.469 bits per heavy atom. The fourth-order valence-corrected chi connectivity index (χ4v) is 4.14. The van der Waals surface area contributed by atoms with E-state index in [0.29, 0.717) is 23.0 Å². The van der Waals surface area contributed by atoms with E-state index in [-0.39, 0.29) is 11.8 Å². The van der Waals surface area contributed by atoms with Gasteiger partial charge in [-0.3, -0.25) is 0 Å². The maximum Gasteiger partial charge on any atom is 0.164 e. The van der Waals surface area contributed by atoms with Crippen molar-refractivity contribution in [2.45, 2.75) is 24.7 Å². The van der Waals surface area contributed by atoms with Crippen LogP contribution < -0.4 is 28.4 Å². The van der Waals surface area contributed by atoms with Crippen molar-refractivity contribution in [3.05, 3.63) is 59.7 Å². The minimum atomic E-state index is -0.0340. The van der Waals surface area contributed by atoms with Crippen LogP contribution in [0, 0.1) is 0 Å². The van der Waals surface area contributed by atoms with E-state index in [1.54, 1.807) is 42.7 Å². The lowest BCUT2D eigenvalue weighted by Crippen LogP contribution is -2.12. The van der Waals surface area contributed by atoms with Crippen LogP contribution in [0.4, 0.5) is 0 Å². The summed E-state index contributed by atoms with van der Waals surface area (Å²) in [5.74, 6) is 3.95. The van der Waals surface area contributed by atoms with Gasteiger partial charge in [0.15, 0.2) is 23.0 Å². The van der Waals surface area contributed by atoms with Crippen LogP contribution in [0.3, 0.4) is 0 Å². The molecule has 0 bridgehead atoms. The van der Waals surface area contributed by atoms with Crippen LogP contribution in [0.1, 0.15) is 35.8 Å². The van der Waals surface area contributed by atoms with Crippen molar-refractivity contribution in [1.29, 1.82) is 0 Å². The van der Waals surface area contributed by atoms with E-state index in [2.05, 4.69) is 24.3 Å². The zero-order valence-electron chi connectivity index (χ0n) is 19.6. The molecule has 2 atom stereocenters. The molecule has 0 saturated carbocycles. The van der Waals surface area contributed by atoms with Gasteiger partial charge < -0.3 is 28.4 Å². The molecule has 3 rings (SSSR count). The van der Waals surface area contributed by atoms with Crippen LogP contribution in [0.2, 0.25) is 0 Å². The van der Waals surface area contributed by atoms with Gasteiger partial charge in [-0.05, 0) is 25.0 Å². The molecule has 6 heteroatoms. The van der Waals surface area contributed by atoms with Crippen LogP contribution in [-0.4, -0.2) is 42.7 Å². The number of benzene rings is 2. The summed E-state index contributed by atoms with van der Waals surface area (Å²) in [6, 6.07) is 7.71. The first-order chi connectivity index (χ1) is 15.6. The molecule has 0 amide bonds. The lowest BCUT2D eigenvalue weighted by molar-refractivity contribution is 0.345. The van der Waals surface area contributed by atoms with Crippen LogP contribution in [0.25, 0.3) is 0 Å². The maximum absolute atomic E-state index is 5.77. The summed E-state index contributed by atoms with van der Waals surface area (Å²) in [6.07, 6.45) is 10.8. The van der Waals surface area contributed by atoms with E-state index in [1.807, 2.05) is 24.3 Å². The summed E-state index contributed by atoms with van der Waals surface area (Å²) < 4.78 is 33.7. The van der Waals surface area contributed by atoms with Crippen LogP contribution in [-0.2, 0) is 0 Å². The Morgan fingerprint density at radius 3 is 1.09 bits per heavy atom. The van der Waals surface area contributed by atoms with E-state index in [1.165, 1.54) is 0 Å². The Labute approximate surface area is 190 Å². The van der Waals surface area contributed by atoms with E-state index >= 15 is 0 Å². The number of hydrogen-bond acceptors (Lipinski definition) is 6. The minimum absolute atomic E-state index is 0.0340. The second-order valence-corrected chi connectivity index (χ2v) is 7.38. The molecule has 32 heavy (non-hydrogen) atoms. The summed E-state index contributed by atoms with van der Waals surface area (Å²) in [5, 5.41) is 0. The Bertz CT molecular complexity index is 899. The van der Waals surface area contributed by atoms with Crippen LogP contribution in [0.15, 0.2) is 48.6 Å².